The van der Waals surface area contributed by atoms with Gasteiger partial charge in [-0.05, 0) is 35.9 Å². The monoisotopic (exact) mass is 380 g/mol. The molecule has 0 saturated carbocycles. The van der Waals surface area contributed by atoms with E-state index in [0.717, 1.165) is 0 Å². The summed E-state index contributed by atoms with van der Waals surface area (Å²) >= 11 is 0. The maximum Gasteiger partial charge on any atom is 0.339 e. The number of carbonyl (C=O) groups excluding carboxylic acids is 2. The molecule has 1 amide bonds. The molecule has 7 nitrogen and oxygen atoms in total. The van der Waals surface area contributed by atoms with Gasteiger partial charge in [0, 0.05) is 0 Å². The Labute approximate surface area is 160 Å². The minimum absolute atomic E-state index is 0.110. The summed E-state index contributed by atoms with van der Waals surface area (Å²) in [5.41, 5.74) is 1.17. The first-order valence-corrected chi connectivity index (χ1v) is 8.38. The van der Waals surface area contributed by atoms with E-state index >= 15 is 0 Å². The number of hydrogen-bond acceptors (Lipinski definition) is 6. The summed E-state index contributed by atoms with van der Waals surface area (Å²) in [6.45, 7) is 0. The van der Waals surface area contributed by atoms with Gasteiger partial charge in [0.15, 0.2) is 11.6 Å². The standard InChI is InChI=1S/C20H17FN4O3/c1-28-20(27)14-7-3-5-9-16(14)22-17-10-11-18(25-24-17)23-19(26)12-13-6-2-4-8-15(13)21/h2-11H,12H2,1H3,(H,22,24)(H,23,25,26). The zero-order valence-electron chi connectivity index (χ0n) is 15.0. The SMILES string of the molecule is COC(=O)c1ccccc1Nc1ccc(NC(=O)Cc2ccccc2F)nn1. The van der Waals surface area contributed by atoms with Gasteiger partial charge in [-0.3, -0.25) is 4.79 Å². The van der Waals surface area contributed by atoms with Crippen LogP contribution in [-0.4, -0.2) is 29.2 Å². The number of halogens is 1. The van der Waals surface area contributed by atoms with Gasteiger partial charge in [-0.15, -0.1) is 10.2 Å². The number of carbonyl (C=O) groups is 2. The van der Waals surface area contributed by atoms with E-state index in [9.17, 15) is 14.0 Å². The molecule has 0 radical (unpaired) electrons. The smallest absolute Gasteiger partial charge is 0.339 e. The minimum Gasteiger partial charge on any atom is -0.465 e. The minimum atomic E-state index is -0.479. The molecule has 2 N–H and O–H groups in total. The third-order valence-electron chi connectivity index (χ3n) is 3.84. The van der Waals surface area contributed by atoms with Crippen molar-refractivity contribution < 1.29 is 18.7 Å². The molecule has 3 rings (SSSR count). The Kier molecular flexibility index (Phi) is 5.91. The summed E-state index contributed by atoms with van der Waals surface area (Å²) in [5, 5.41) is 13.4. The van der Waals surface area contributed by atoms with Crippen molar-refractivity contribution in [2.24, 2.45) is 0 Å². The fraction of sp³-hybridized carbons (Fsp3) is 0.100. The van der Waals surface area contributed by atoms with Crippen molar-refractivity contribution in [2.45, 2.75) is 6.42 Å². The molecule has 142 valence electrons. The zero-order chi connectivity index (χ0) is 19.9. The van der Waals surface area contributed by atoms with Crippen molar-refractivity contribution in [2.75, 3.05) is 17.7 Å². The molecule has 0 aliphatic carbocycles. The molecule has 0 spiro atoms. The van der Waals surface area contributed by atoms with Gasteiger partial charge in [0.1, 0.15) is 5.82 Å². The van der Waals surface area contributed by atoms with Gasteiger partial charge in [0.25, 0.3) is 0 Å². The van der Waals surface area contributed by atoms with Gasteiger partial charge in [-0.1, -0.05) is 30.3 Å². The Morgan fingerprint density at radius 1 is 0.964 bits per heavy atom. The molecule has 2 aromatic carbocycles. The van der Waals surface area contributed by atoms with Crippen LogP contribution in [0.5, 0.6) is 0 Å². The Balaban J connectivity index is 1.65. The Morgan fingerprint density at radius 2 is 1.64 bits per heavy atom. The summed E-state index contributed by atoms with van der Waals surface area (Å²) in [6.07, 6.45) is -0.110. The molecule has 0 bridgehead atoms. The zero-order valence-corrected chi connectivity index (χ0v) is 15.0. The molecule has 8 heteroatoms. The van der Waals surface area contributed by atoms with Crippen LogP contribution in [0.3, 0.4) is 0 Å². The normalized spacial score (nSPS) is 10.2. The molecule has 3 aromatic rings. The van der Waals surface area contributed by atoms with Crippen LogP contribution in [0.4, 0.5) is 21.7 Å². The molecule has 0 aliphatic heterocycles. The second-order valence-corrected chi connectivity index (χ2v) is 5.78. The van der Waals surface area contributed by atoms with E-state index in [1.165, 1.54) is 13.2 Å². The second-order valence-electron chi connectivity index (χ2n) is 5.78. The van der Waals surface area contributed by atoms with Crippen LogP contribution in [0.25, 0.3) is 0 Å². The molecular weight excluding hydrogens is 363 g/mol. The number of nitrogens with zero attached hydrogens (tertiary/aromatic N) is 2. The van der Waals surface area contributed by atoms with Crippen LogP contribution in [-0.2, 0) is 16.0 Å². The van der Waals surface area contributed by atoms with Crippen molar-refractivity contribution in [3.05, 3.63) is 77.6 Å². The predicted octanol–water partition coefficient (Wildman–Crippen LogP) is 3.33. The highest BCUT2D eigenvalue weighted by Crippen LogP contribution is 2.20. The molecule has 0 atom stereocenters. The number of amides is 1. The number of aromatic nitrogens is 2. The van der Waals surface area contributed by atoms with E-state index in [-0.39, 0.29) is 12.2 Å². The Bertz CT molecular complexity index is 993. The fourth-order valence-corrected chi connectivity index (χ4v) is 2.49. The van der Waals surface area contributed by atoms with Crippen molar-refractivity contribution in [1.29, 1.82) is 0 Å². The quantitative estimate of drug-likeness (QED) is 0.637. The third-order valence-corrected chi connectivity index (χ3v) is 3.84. The molecule has 28 heavy (non-hydrogen) atoms. The summed E-state index contributed by atoms with van der Waals surface area (Å²) in [4.78, 5) is 23.9. The number of hydrogen-bond donors (Lipinski definition) is 2. The van der Waals surface area contributed by atoms with E-state index in [1.54, 1.807) is 54.6 Å². The van der Waals surface area contributed by atoms with E-state index in [4.69, 9.17) is 4.74 Å². The summed E-state index contributed by atoms with van der Waals surface area (Å²) < 4.78 is 18.4. The first-order chi connectivity index (χ1) is 13.6. The van der Waals surface area contributed by atoms with Crippen molar-refractivity contribution >= 4 is 29.2 Å². The number of rotatable bonds is 6. The van der Waals surface area contributed by atoms with E-state index < -0.39 is 17.7 Å². The molecular formula is C20H17FN4O3. The van der Waals surface area contributed by atoms with Crippen LogP contribution in [0.15, 0.2) is 60.7 Å². The number of para-hydroxylation sites is 1. The number of anilines is 3. The third kappa shape index (κ3) is 4.67. The van der Waals surface area contributed by atoms with Gasteiger partial charge in [0.2, 0.25) is 5.91 Å². The maximum atomic E-state index is 13.6. The number of methoxy groups -OCH3 is 1. The first-order valence-electron chi connectivity index (χ1n) is 8.38. The molecule has 0 saturated heterocycles. The van der Waals surface area contributed by atoms with Crippen LogP contribution >= 0.6 is 0 Å². The molecule has 1 aromatic heterocycles. The van der Waals surface area contributed by atoms with Crippen molar-refractivity contribution in [3.63, 3.8) is 0 Å². The average Bonchev–Trinajstić information content (AvgIpc) is 2.71. The number of ether oxygens (including phenoxy) is 1. The van der Waals surface area contributed by atoms with Crippen LogP contribution in [0.1, 0.15) is 15.9 Å². The molecule has 0 fully saturated rings. The Hall–Kier alpha value is -3.81. The fourth-order valence-electron chi connectivity index (χ4n) is 2.49. The number of nitrogens with one attached hydrogen (secondary N) is 2. The van der Waals surface area contributed by atoms with Gasteiger partial charge in [-0.2, -0.15) is 0 Å². The van der Waals surface area contributed by atoms with E-state index in [0.29, 0.717) is 22.6 Å². The van der Waals surface area contributed by atoms with E-state index in [2.05, 4.69) is 20.8 Å². The largest absolute Gasteiger partial charge is 0.465 e. The first kappa shape index (κ1) is 19.0. The lowest BCUT2D eigenvalue weighted by Crippen LogP contribution is -2.16. The Morgan fingerprint density at radius 3 is 2.36 bits per heavy atom. The highest BCUT2D eigenvalue weighted by Gasteiger charge is 2.12. The number of benzene rings is 2. The lowest BCUT2D eigenvalue weighted by Gasteiger charge is -2.10. The average molecular weight is 380 g/mol. The van der Waals surface area contributed by atoms with Crippen LogP contribution in [0.2, 0.25) is 0 Å². The number of esters is 1. The van der Waals surface area contributed by atoms with Crippen LogP contribution < -0.4 is 10.6 Å². The highest BCUT2D eigenvalue weighted by atomic mass is 19.1. The summed E-state index contributed by atoms with van der Waals surface area (Å²) in [6, 6.07) is 16.0. The lowest BCUT2D eigenvalue weighted by molar-refractivity contribution is -0.115. The lowest BCUT2D eigenvalue weighted by atomic mass is 10.1. The van der Waals surface area contributed by atoms with Gasteiger partial charge in [0.05, 0.1) is 24.8 Å². The molecule has 1 heterocycles. The predicted molar refractivity (Wildman–Crippen MR) is 102 cm³/mol. The molecule has 0 unspecified atom stereocenters. The summed E-state index contributed by atoms with van der Waals surface area (Å²) in [7, 11) is 1.30. The second kappa shape index (κ2) is 8.72. The molecule has 0 aliphatic rings. The highest BCUT2D eigenvalue weighted by molar-refractivity contribution is 5.96. The maximum absolute atomic E-state index is 13.6. The summed E-state index contributed by atoms with van der Waals surface area (Å²) in [5.74, 6) is -0.714. The van der Waals surface area contributed by atoms with Gasteiger partial charge in [-0.25, -0.2) is 9.18 Å². The topological polar surface area (TPSA) is 93.2 Å². The van der Waals surface area contributed by atoms with Crippen LogP contribution in [0, 0.1) is 5.82 Å². The van der Waals surface area contributed by atoms with Crippen molar-refractivity contribution in [1.82, 2.24) is 10.2 Å². The van der Waals surface area contributed by atoms with Crippen molar-refractivity contribution in [3.8, 4) is 0 Å². The van der Waals surface area contributed by atoms with Gasteiger partial charge >= 0.3 is 5.97 Å². The van der Waals surface area contributed by atoms with Gasteiger partial charge < -0.3 is 15.4 Å². The van der Waals surface area contributed by atoms with E-state index in [1.807, 2.05) is 0 Å².